The maximum absolute atomic E-state index is 8.60. The Balaban J connectivity index is 0.00000264. The number of rotatable bonds is 10. The topological polar surface area (TPSA) is 50.7 Å². The number of ether oxygens (including phenoxy) is 2. The van der Waals surface area contributed by atoms with Gasteiger partial charge < -0.3 is 19.9 Å². The zero-order valence-electron chi connectivity index (χ0n) is 13.1. The standard InChI is InChI=1S/C18H23NO3.ClH/c20-10-12-21-11-9-19-14-17-7-4-8-18(13-17)22-15-16-5-2-1-3-6-16;/h1-8,13,19-20H,9-12,14-15H2;1H. The van der Waals surface area contributed by atoms with Crippen LogP contribution in [-0.2, 0) is 17.9 Å². The van der Waals surface area contributed by atoms with Crippen LogP contribution in [0.1, 0.15) is 11.1 Å². The first-order chi connectivity index (χ1) is 10.9. The average molecular weight is 338 g/mol. The summed E-state index contributed by atoms with van der Waals surface area (Å²) in [5.41, 5.74) is 2.33. The van der Waals surface area contributed by atoms with Crippen molar-refractivity contribution >= 4 is 12.4 Å². The van der Waals surface area contributed by atoms with Crippen molar-refractivity contribution in [2.75, 3.05) is 26.4 Å². The van der Waals surface area contributed by atoms with E-state index in [0.29, 0.717) is 19.8 Å². The third kappa shape index (κ3) is 8.00. The van der Waals surface area contributed by atoms with E-state index in [9.17, 15) is 0 Å². The van der Waals surface area contributed by atoms with Gasteiger partial charge in [-0.25, -0.2) is 0 Å². The molecule has 0 bridgehead atoms. The molecule has 0 radical (unpaired) electrons. The summed E-state index contributed by atoms with van der Waals surface area (Å²) < 4.78 is 11.0. The van der Waals surface area contributed by atoms with Gasteiger partial charge in [-0.1, -0.05) is 42.5 Å². The summed E-state index contributed by atoms with van der Waals surface area (Å²) in [7, 11) is 0. The predicted molar refractivity (Wildman–Crippen MR) is 94.1 cm³/mol. The number of aliphatic hydroxyl groups excluding tert-OH is 1. The molecule has 2 N–H and O–H groups in total. The summed E-state index contributed by atoms with van der Waals surface area (Å²) >= 11 is 0. The number of aliphatic hydroxyl groups is 1. The van der Waals surface area contributed by atoms with Gasteiger partial charge in [0.05, 0.1) is 19.8 Å². The monoisotopic (exact) mass is 337 g/mol. The molecular formula is C18H24ClNO3. The number of hydrogen-bond donors (Lipinski definition) is 2. The molecule has 2 aromatic rings. The molecule has 4 nitrogen and oxygen atoms in total. The second-order valence-corrected chi connectivity index (χ2v) is 4.93. The summed E-state index contributed by atoms with van der Waals surface area (Å²) in [6.07, 6.45) is 0. The van der Waals surface area contributed by atoms with Crippen molar-refractivity contribution in [2.45, 2.75) is 13.2 Å². The minimum Gasteiger partial charge on any atom is -0.489 e. The smallest absolute Gasteiger partial charge is 0.120 e. The highest BCUT2D eigenvalue weighted by Crippen LogP contribution is 2.15. The molecule has 126 valence electrons. The normalized spacial score (nSPS) is 10.1. The lowest BCUT2D eigenvalue weighted by Gasteiger charge is -2.09. The van der Waals surface area contributed by atoms with Gasteiger partial charge in [0, 0.05) is 13.1 Å². The van der Waals surface area contributed by atoms with E-state index in [2.05, 4.69) is 23.5 Å². The molecular weight excluding hydrogens is 314 g/mol. The summed E-state index contributed by atoms with van der Waals surface area (Å²) in [6, 6.07) is 18.2. The van der Waals surface area contributed by atoms with E-state index in [4.69, 9.17) is 14.6 Å². The fraction of sp³-hybridized carbons (Fsp3) is 0.333. The number of benzene rings is 2. The van der Waals surface area contributed by atoms with Crippen LogP contribution in [0, 0.1) is 0 Å². The largest absolute Gasteiger partial charge is 0.489 e. The van der Waals surface area contributed by atoms with Crippen molar-refractivity contribution in [2.24, 2.45) is 0 Å². The van der Waals surface area contributed by atoms with Crippen molar-refractivity contribution in [3.63, 3.8) is 0 Å². The maximum Gasteiger partial charge on any atom is 0.120 e. The molecule has 0 fully saturated rings. The fourth-order valence-corrected chi connectivity index (χ4v) is 2.03. The number of halogens is 1. The van der Waals surface area contributed by atoms with Crippen LogP contribution < -0.4 is 10.1 Å². The van der Waals surface area contributed by atoms with E-state index in [1.807, 2.05) is 36.4 Å². The number of nitrogens with one attached hydrogen (secondary N) is 1. The van der Waals surface area contributed by atoms with Crippen molar-refractivity contribution in [1.29, 1.82) is 0 Å². The molecule has 2 aromatic carbocycles. The second kappa shape index (κ2) is 11.9. The van der Waals surface area contributed by atoms with E-state index in [0.717, 1.165) is 24.4 Å². The van der Waals surface area contributed by atoms with E-state index in [-0.39, 0.29) is 19.0 Å². The molecule has 0 aliphatic rings. The Bertz CT molecular complexity index is 537. The van der Waals surface area contributed by atoms with Gasteiger partial charge in [0.1, 0.15) is 12.4 Å². The lowest BCUT2D eigenvalue weighted by Crippen LogP contribution is -2.20. The number of hydrogen-bond acceptors (Lipinski definition) is 4. The van der Waals surface area contributed by atoms with Gasteiger partial charge in [-0.2, -0.15) is 0 Å². The lowest BCUT2D eigenvalue weighted by molar-refractivity contribution is 0.0938. The van der Waals surface area contributed by atoms with Crippen LogP contribution in [0.4, 0.5) is 0 Å². The van der Waals surface area contributed by atoms with Crippen LogP contribution in [0.3, 0.4) is 0 Å². The van der Waals surface area contributed by atoms with Gasteiger partial charge in [-0.3, -0.25) is 0 Å². The quantitative estimate of drug-likeness (QED) is 0.655. The van der Waals surface area contributed by atoms with Crippen molar-refractivity contribution in [1.82, 2.24) is 5.32 Å². The van der Waals surface area contributed by atoms with E-state index in [1.165, 1.54) is 5.56 Å². The first-order valence-corrected chi connectivity index (χ1v) is 7.53. The van der Waals surface area contributed by atoms with Crippen LogP contribution in [0.2, 0.25) is 0 Å². The van der Waals surface area contributed by atoms with Gasteiger partial charge in [0.2, 0.25) is 0 Å². The highest BCUT2D eigenvalue weighted by atomic mass is 35.5. The second-order valence-electron chi connectivity index (χ2n) is 4.93. The Morgan fingerprint density at radius 1 is 0.913 bits per heavy atom. The Morgan fingerprint density at radius 2 is 1.70 bits per heavy atom. The molecule has 23 heavy (non-hydrogen) atoms. The summed E-state index contributed by atoms with van der Waals surface area (Å²) in [5.74, 6) is 0.875. The molecule has 0 aromatic heterocycles. The molecule has 0 heterocycles. The van der Waals surface area contributed by atoms with Gasteiger partial charge >= 0.3 is 0 Å². The van der Waals surface area contributed by atoms with Gasteiger partial charge in [-0.05, 0) is 23.3 Å². The van der Waals surface area contributed by atoms with Crippen LogP contribution in [0.5, 0.6) is 5.75 Å². The maximum atomic E-state index is 8.60. The first-order valence-electron chi connectivity index (χ1n) is 7.53. The summed E-state index contributed by atoms with van der Waals surface area (Å²) in [5, 5.41) is 11.9. The van der Waals surface area contributed by atoms with Crippen LogP contribution in [0.25, 0.3) is 0 Å². The highest BCUT2D eigenvalue weighted by molar-refractivity contribution is 5.85. The van der Waals surface area contributed by atoms with E-state index >= 15 is 0 Å². The molecule has 0 atom stereocenters. The molecule has 5 heteroatoms. The van der Waals surface area contributed by atoms with E-state index < -0.39 is 0 Å². The molecule has 2 rings (SSSR count). The Labute approximate surface area is 143 Å². The highest BCUT2D eigenvalue weighted by Gasteiger charge is 1.98. The first kappa shape index (κ1) is 19.5. The predicted octanol–water partition coefficient (Wildman–Crippen LogP) is 2.79. The zero-order valence-corrected chi connectivity index (χ0v) is 13.9. The minimum absolute atomic E-state index is 0. The zero-order chi connectivity index (χ0) is 15.5. The van der Waals surface area contributed by atoms with Crippen LogP contribution in [-0.4, -0.2) is 31.5 Å². The van der Waals surface area contributed by atoms with Crippen molar-refractivity contribution in [3.05, 3.63) is 65.7 Å². The fourth-order valence-electron chi connectivity index (χ4n) is 2.03. The molecule has 0 aliphatic carbocycles. The van der Waals surface area contributed by atoms with Gasteiger partial charge in [0.15, 0.2) is 0 Å². The van der Waals surface area contributed by atoms with Crippen molar-refractivity contribution in [3.8, 4) is 5.75 Å². The van der Waals surface area contributed by atoms with Gasteiger partial charge in [0.25, 0.3) is 0 Å². The Hall–Kier alpha value is -1.59. The Morgan fingerprint density at radius 3 is 2.48 bits per heavy atom. The SMILES string of the molecule is Cl.OCCOCCNCc1cccc(OCc2ccccc2)c1. The summed E-state index contributed by atoms with van der Waals surface area (Å²) in [6.45, 7) is 3.17. The third-order valence-corrected chi connectivity index (χ3v) is 3.13. The average Bonchev–Trinajstić information content (AvgIpc) is 2.57. The lowest BCUT2D eigenvalue weighted by atomic mass is 10.2. The molecule has 0 unspecified atom stereocenters. The molecule has 0 saturated carbocycles. The molecule has 0 amide bonds. The Kier molecular flexibility index (Phi) is 10.1. The van der Waals surface area contributed by atoms with E-state index in [1.54, 1.807) is 0 Å². The molecule has 0 saturated heterocycles. The molecule has 0 aliphatic heterocycles. The minimum atomic E-state index is 0. The van der Waals surface area contributed by atoms with Crippen LogP contribution >= 0.6 is 12.4 Å². The van der Waals surface area contributed by atoms with Gasteiger partial charge in [-0.15, -0.1) is 12.4 Å². The molecule has 0 spiro atoms. The van der Waals surface area contributed by atoms with Crippen molar-refractivity contribution < 1.29 is 14.6 Å². The van der Waals surface area contributed by atoms with Crippen LogP contribution in [0.15, 0.2) is 54.6 Å². The third-order valence-electron chi connectivity index (χ3n) is 3.13. The summed E-state index contributed by atoms with van der Waals surface area (Å²) in [4.78, 5) is 0.